The highest BCUT2D eigenvalue weighted by atomic mass is 32.1. The van der Waals surface area contributed by atoms with Gasteiger partial charge in [-0.2, -0.15) is 0 Å². The van der Waals surface area contributed by atoms with Gasteiger partial charge >= 0.3 is 0 Å². The average Bonchev–Trinajstić information content (AvgIpc) is 2.90. The fraction of sp³-hybridized carbons (Fsp3) is 0.474. The number of rotatable bonds is 7. The zero-order valence-corrected chi connectivity index (χ0v) is 16.6. The third-order valence-corrected chi connectivity index (χ3v) is 5.06. The van der Waals surface area contributed by atoms with Gasteiger partial charge in [-0.3, -0.25) is 0 Å². The summed E-state index contributed by atoms with van der Waals surface area (Å²) in [5, 5.41) is 7.85. The van der Waals surface area contributed by atoms with Gasteiger partial charge in [0, 0.05) is 24.4 Å². The van der Waals surface area contributed by atoms with Crippen LogP contribution >= 0.6 is 11.3 Å². The lowest BCUT2D eigenvalue weighted by molar-refractivity contribution is 0.411. The molecule has 1 heterocycles. The zero-order chi connectivity index (χ0) is 18.2. The molecule has 5 nitrogen and oxygen atoms in total. The van der Waals surface area contributed by atoms with Gasteiger partial charge in [-0.05, 0) is 44.9 Å². The second kappa shape index (κ2) is 9.42. The zero-order valence-electron chi connectivity index (χ0n) is 15.8. The maximum Gasteiger partial charge on any atom is 0.191 e. The molecule has 0 unspecified atom stereocenters. The number of ether oxygens (including phenoxy) is 1. The molecule has 1 aromatic heterocycles. The topological polar surface area (TPSA) is 58.5 Å². The summed E-state index contributed by atoms with van der Waals surface area (Å²) in [5.74, 6) is 1.74. The number of methoxy groups -OCH3 is 1. The van der Waals surface area contributed by atoms with Gasteiger partial charge in [0.15, 0.2) is 5.96 Å². The van der Waals surface area contributed by atoms with Crippen molar-refractivity contribution in [3.63, 3.8) is 0 Å². The van der Waals surface area contributed by atoms with Crippen molar-refractivity contribution in [1.29, 1.82) is 0 Å². The molecule has 0 fully saturated rings. The molecule has 0 aliphatic heterocycles. The third kappa shape index (κ3) is 5.74. The summed E-state index contributed by atoms with van der Waals surface area (Å²) < 4.78 is 5.30. The lowest BCUT2D eigenvalue weighted by Crippen LogP contribution is -2.38. The molecule has 0 saturated carbocycles. The lowest BCUT2D eigenvalue weighted by Gasteiger charge is -2.11. The van der Waals surface area contributed by atoms with Gasteiger partial charge in [-0.15, -0.1) is 11.3 Å². The second-order valence-electron chi connectivity index (χ2n) is 5.93. The molecule has 0 amide bonds. The van der Waals surface area contributed by atoms with Gasteiger partial charge in [0.25, 0.3) is 0 Å². The predicted molar refractivity (Wildman–Crippen MR) is 106 cm³/mol. The van der Waals surface area contributed by atoms with Gasteiger partial charge in [0.2, 0.25) is 0 Å². The van der Waals surface area contributed by atoms with Crippen LogP contribution in [0.25, 0.3) is 0 Å². The highest BCUT2D eigenvalue weighted by molar-refractivity contribution is 7.11. The van der Waals surface area contributed by atoms with Crippen molar-refractivity contribution in [2.24, 2.45) is 4.99 Å². The molecule has 136 valence electrons. The highest BCUT2D eigenvalue weighted by Gasteiger charge is 2.05. The van der Waals surface area contributed by atoms with Crippen LogP contribution in [0.15, 0.2) is 23.2 Å². The number of aryl methyl sites for hydroxylation is 3. The molecule has 0 spiro atoms. The first-order chi connectivity index (χ1) is 12.0. The van der Waals surface area contributed by atoms with E-state index in [2.05, 4.69) is 53.5 Å². The monoisotopic (exact) mass is 360 g/mol. The van der Waals surface area contributed by atoms with Crippen LogP contribution in [0.1, 0.15) is 33.6 Å². The summed E-state index contributed by atoms with van der Waals surface area (Å²) in [4.78, 5) is 10.5. The molecule has 2 N–H and O–H groups in total. The smallest absolute Gasteiger partial charge is 0.191 e. The largest absolute Gasteiger partial charge is 0.496 e. The Morgan fingerprint density at radius 1 is 1.24 bits per heavy atom. The molecule has 6 heteroatoms. The molecule has 0 aliphatic carbocycles. The number of aromatic nitrogens is 1. The van der Waals surface area contributed by atoms with Crippen LogP contribution in [0.3, 0.4) is 0 Å². The highest BCUT2D eigenvalue weighted by Crippen LogP contribution is 2.19. The number of aliphatic imine (C=N–C) groups is 1. The Morgan fingerprint density at radius 3 is 2.64 bits per heavy atom. The van der Waals surface area contributed by atoms with E-state index in [-0.39, 0.29) is 0 Å². The Kier molecular flexibility index (Phi) is 7.25. The number of hydrogen-bond acceptors (Lipinski definition) is 4. The first-order valence-electron chi connectivity index (χ1n) is 8.62. The predicted octanol–water partition coefficient (Wildman–Crippen LogP) is 3.37. The van der Waals surface area contributed by atoms with Crippen LogP contribution in [0.5, 0.6) is 5.75 Å². The Balaban J connectivity index is 1.92. The van der Waals surface area contributed by atoms with Crippen LogP contribution in [-0.4, -0.2) is 31.1 Å². The first-order valence-corrected chi connectivity index (χ1v) is 9.43. The molecule has 0 saturated heterocycles. The summed E-state index contributed by atoms with van der Waals surface area (Å²) in [7, 11) is 1.69. The molecule has 2 aromatic rings. The minimum Gasteiger partial charge on any atom is -0.496 e. The number of benzene rings is 1. The van der Waals surface area contributed by atoms with Crippen LogP contribution in [0, 0.1) is 20.8 Å². The molecule has 0 atom stereocenters. The molecule has 25 heavy (non-hydrogen) atoms. The van der Waals surface area contributed by atoms with Crippen LogP contribution in [0.4, 0.5) is 0 Å². The number of thiazole rings is 1. The molecular weight excluding hydrogens is 332 g/mol. The second-order valence-corrected chi connectivity index (χ2v) is 7.21. The quantitative estimate of drug-likeness (QED) is 0.587. The molecule has 0 bridgehead atoms. The van der Waals surface area contributed by atoms with E-state index < -0.39 is 0 Å². The maximum atomic E-state index is 5.30. The molecule has 2 rings (SSSR count). The van der Waals surface area contributed by atoms with Crippen molar-refractivity contribution in [3.05, 3.63) is 44.9 Å². The SMILES string of the molecule is CCNC(=NCc1ccc(OC)c(C)c1)NCCc1nc(C)c(C)s1. The number of guanidine groups is 1. The van der Waals surface area contributed by atoms with Gasteiger partial charge < -0.3 is 15.4 Å². The van der Waals surface area contributed by atoms with Gasteiger partial charge in [0.05, 0.1) is 24.4 Å². The standard InChI is InChI=1S/C19H28N4OS/c1-6-20-19(21-10-9-18-23-14(3)15(4)25-18)22-12-16-7-8-17(24-5)13(2)11-16/h7-8,11H,6,9-10,12H2,1-5H3,(H2,20,21,22). The van der Waals surface area contributed by atoms with E-state index in [1.165, 1.54) is 15.4 Å². The van der Waals surface area contributed by atoms with Crippen LogP contribution < -0.4 is 15.4 Å². The van der Waals surface area contributed by atoms with Crippen molar-refractivity contribution >= 4 is 17.3 Å². The van der Waals surface area contributed by atoms with E-state index in [0.29, 0.717) is 6.54 Å². The summed E-state index contributed by atoms with van der Waals surface area (Å²) in [5.41, 5.74) is 3.43. The van der Waals surface area contributed by atoms with Gasteiger partial charge in [0.1, 0.15) is 5.75 Å². The first kappa shape index (κ1) is 19.2. The van der Waals surface area contributed by atoms with E-state index in [4.69, 9.17) is 4.74 Å². The molecule has 0 radical (unpaired) electrons. The molecule has 0 aliphatic rings. The van der Waals surface area contributed by atoms with E-state index in [1.807, 2.05) is 13.0 Å². The van der Waals surface area contributed by atoms with Crippen molar-refractivity contribution in [3.8, 4) is 5.75 Å². The van der Waals surface area contributed by atoms with Gasteiger partial charge in [-0.1, -0.05) is 12.1 Å². The van der Waals surface area contributed by atoms with E-state index in [1.54, 1.807) is 18.4 Å². The summed E-state index contributed by atoms with van der Waals surface area (Å²) in [6.07, 6.45) is 0.908. The maximum absolute atomic E-state index is 5.30. The minimum atomic E-state index is 0.635. The molecule has 1 aromatic carbocycles. The van der Waals surface area contributed by atoms with Crippen molar-refractivity contribution in [2.45, 2.75) is 40.7 Å². The minimum absolute atomic E-state index is 0.635. The number of nitrogens with one attached hydrogen (secondary N) is 2. The lowest BCUT2D eigenvalue weighted by atomic mass is 10.1. The fourth-order valence-corrected chi connectivity index (χ4v) is 3.42. The Labute approximate surface area is 154 Å². The number of hydrogen-bond donors (Lipinski definition) is 2. The normalized spacial score (nSPS) is 11.5. The van der Waals surface area contributed by atoms with Crippen molar-refractivity contribution in [1.82, 2.24) is 15.6 Å². The fourth-order valence-electron chi connectivity index (χ4n) is 2.48. The summed E-state index contributed by atoms with van der Waals surface area (Å²) >= 11 is 1.77. The summed E-state index contributed by atoms with van der Waals surface area (Å²) in [6.45, 7) is 10.6. The Bertz CT molecular complexity index is 705. The van der Waals surface area contributed by atoms with E-state index in [0.717, 1.165) is 42.5 Å². The number of nitrogens with zero attached hydrogens (tertiary/aromatic N) is 2. The van der Waals surface area contributed by atoms with Crippen molar-refractivity contribution in [2.75, 3.05) is 20.2 Å². The van der Waals surface area contributed by atoms with Crippen molar-refractivity contribution < 1.29 is 4.74 Å². The van der Waals surface area contributed by atoms with E-state index >= 15 is 0 Å². The summed E-state index contributed by atoms with van der Waals surface area (Å²) in [6, 6.07) is 6.17. The Hall–Kier alpha value is -2.08. The Morgan fingerprint density at radius 2 is 2.04 bits per heavy atom. The molecular formula is C19H28N4OS. The van der Waals surface area contributed by atoms with Crippen LogP contribution in [-0.2, 0) is 13.0 Å². The van der Waals surface area contributed by atoms with Crippen LogP contribution in [0.2, 0.25) is 0 Å². The third-order valence-electron chi connectivity index (χ3n) is 3.93. The van der Waals surface area contributed by atoms with E-state index in [9.17, 15) is 0 Å². The van der Waals surface area contributed by atoms with Gasteiger partial charge in [-0.25, -0.2) is 9.98 Å². The average molecular weight is 361 g/mol.